The summed E-state index contributed by atoms with van der Waals surface area (Å²) in [7, 11) is 0. The van der Waals surface area contributed by atoms with E-state index in [4.69, 9.17) is 4.74 Å². The van der Waals surface area contributed by atoms with E-state index in [1.807, 2.05) is 47.4 Å². The fourth-order valence-corrected chi connectivity index (χ4v) is 3.55. The minimum Gasteiger partial charge on any atom is -0.491 e. The largest absolute Gasteiger partial charge is 0.491 e. The van der Waals surface area contributed by atoms with Crippen molar-refractivity contribution in [3.05, 3.63) is 62.5 Å². The molecule has 0 fully saturated rings. The van der Waals surface area contributed by atoms with Gasteiger partial charge in [-0.25, -0.2) is 0 Å². The third-order valence-electron chi connectivity index (χ3n) is 3.40. The molecule has 0 saturated carbocycles. The molecule has 0 spiro atoms. The van der Waals surface area contributed by atoms with Gasteiger partial charge in [0.05, 0.1) is 12.1 Å². The van der Waals surface area contributed by atoms with Crippen molar-refractivity contribution < 1.29 is 9.53 Å². The molecule has 2 aromatic carbocycles. The standard InChI is InChI=1S/C16H13Br2NO2/c17-12-5-6-13(14(18)9-12)16(20)19-7-8-21-15-4-2-1-3-11(15)10-19/h1-6,9H,7-8,10H2. The lowest BCUT2D eigenvalue weighted by molar-refractivity contribution is 0.0732. The summed E-state index contributed by atoms with van der Waals surface area (Å²) in [5.41, 5.74) is 1.70. The van der Waals surface area contributed by atoms with Crippen LogP contribution in [-0.2, 0) is 6.54 Å². The second kappa shape index (κ2) is 6.20. The summed E-state index contributed by atoms with van der Waals surface area (Å²) in [4.78, 5) is 14.5. The van der Waals surface area contributed by atoms with Crippen LogP contribution in [0, 0.1) is 0 Å². The Morgan fingerprint density at radius 1 is 1.14 bits per heavy atom. The highest BCUT2D eigenvalue weighted by molar-refractivity contribution is 9.11. The molecule has 0 N–H and O–H groups in total. The fraction of sp³-hybridized carbons (Fsp3) is 0.188. The van der Waals surface area contributed by atoms with Gasteiger partial charge in [0.1, 0.15) is 12.4 Å². The van der Waals surface area contributed by atoms with E-state index >= 15 is 0 Å². The molecule has 0 atom stereocenters. The zero-order chi connectivity index (χ0) is 14.8. The molecular weight excluding hydrogens is 398 g/mol. The van der Waals surface area contributed by atoms with E-state index in [1.54, 1.807) is 0 Å². The van der Waals surface area contributed by atoms with Gasteiger partial charge in [0.15, 0.2) is 0 Å². The second-order valence-corrected chi connectivity index (χ2v) is 6.58. The van der Waals surface area contributed by atoms with Crippen molar-refractivity contribution in [3.8, 4) is 5.75 Å². The summed E-state index contributed by atoms with van der Waals surface area (Å²) in [5.74, 6) is 0.873. The van der Waals surface area contributed by atoms with Gasteiger partial charge in [-0.2, -0.15) is 0 Å². The van der Waals surface area contributed by atoms with Crippen LogP contribution in [0.3, 0.4) is 0 Å². The Morgan fingerprint density at radius 2 is 1.95 bits per heavy atom. The van der Waals surface area contributed by atoms with Gasteiger partial charge in [0.25, 0.3) is 5.91 Å². The summed E-state index contributed by atoms with van der Waals surface area (Å²) in [5, 5.41) is 0. The van der Waals surface area contributed by atoms with Gasteiger partial charge in [0.2, 0.25) is 0 Å². The van der Waals surface area contributed by atoms with Crippen LogP contribution in [0.2, 0.25) is 0 Å². The molecule has 0 saturated heterocycles. The van der Waals surface area contributed by atoms with Crippen LogP contribution >= 0.6 is 31.9 Å². The minimum atomic E-state index is 0.00896. The zero-order valence-electron chi connectivity index (χ0n) is 11.2. The fourth-order valence-electron chi connectivity index (χ4n) is 2.33. The Balaban J connectivity index is 1.88. The monoisotopic (exact) mass is 409 g/mol. The third-order valence-corrected chi connectivity index (χ3v) is 4.55. The third kappa shape index (κ3) is 3.14. The van der Waals surface area contributed by atoms with Crippen molar-refractivity contribution in [2.45, 2.75) is 6.54 Å². The van der Waals surface area contributed by atoms with Gasteiger partial charge < -0.3 is 9.64 Å². The number of hydrogen-bond donors (Lipinski definition) is 0. The Bertz CT molecular complexity index is 688. The van der Waals surface area contributed by atoms with E-state index in [2.05, 4.69) is 31.9 Å². The number of nitrogens with zero attached hydrogens (tertiary/aromatic N) is 1. The molecule has 3 nitrogen and oxygen atoms in total. The van der Waals surface area contributed by atoms with Crippen molar-refractivity contribution in [2.75, 3.05) is 13.2 Å². The van der Waals surface area contributed by atoms with Gasteiger partial charge in [0, 0.05) is 21.1 Å². The molecule has 0 radical (unpaired) electrons. The highest BCUT2D eigenvalue weighted by Gasteiger charge is 2.22. The van der Waals surface area contributed by atoms with Crippen molar-refractivity contribution in [2.24, 2.45) is 0 Å². The highest BCUT2D eigenvalue weighted by Crippen LogP contribution is 2.26. The molecule has 0 aliphatic carbocycles. The Morgan fingerprint density at radius 3 is 2.76 bits per heavy atom. The number of carbonyl (C=O) groups excluding carboxylic acids is 1. The number of benzene rings is 2. The second-order valence-electron chi connectivity index (χ2n) is 4.81. The molecule has 21 heavy (non-hydrogen) atoms. The number of carbonyl (C=O) groups is 1. The van der Waals surface area contributed by atoms with Crippen molar-refractivity contribution >= 4 is 37.8 Å². The van der Waals surface area contributed by atoms with Gasteiger partial charge >= 0.3 is 0 Å². The molecule has 0 bridgehead atoms. The zero-order valence-corrected chi connectivity index (χ0v) is 14.4. The van der Waals surface area contributed by atoms with Gasteiger partial charge in [-0.15, -0.1) is 0 Å². The topological polar surface area (TPSA) is 29.5 Å². The lowest BCUT2D eigenvalue weighted by Gasteiger charge is -2.20. The maximum atomic E-state index is 12.7. The molecular formula is C16H13Br2NO2. The molecule has 1 heterocycles. The van der Waals surface area contributed by atoms with Crippen LogP contribution in [0.15, 0.2) is 51.4 Å². The summed E-state index contributed by atoms with van der Waals surface area (Å²) < 4.78 is 7.43. The smallest absolute Gasteiger partial charge is 0.255 e. The van der Waals surface area contributed by atoms with Gasteiger partial charge in [-0.3, -0.25) is 4.79 Å². The molecule has 108 valence electrons. The predicted octanol–water partition coefficient (Wildman–Crippen LogP) is 4.25. The molecule has 1 amide bonds. The van der Waals surface area contributed by atoms with Crippen LogP contribution < -0.4 is 4.74 Å². The first-order chi connectivity index (χ1) is 10.1. The Hall–Kier alpha value is -1.33. The van der Waals surface area contributed by atoms with Crippen LogP contribution in [-0.4, -0.2) is 24.0 Å². The first-order valence-electron chi connectivity index (χ1n) is 6.60. The molecule has 0 unspecified atom stereocenters. The van der Waals surface area contributed by atoms with E-state index in [1.165, 1.54) is 0 Å². The number of rotatable bonds is 1. The van der Waals surface area contributed by atoms with Crippen LogP contribution in [0.5, 0.6) is 5.75 Å². The normalized spacial score (nSPS) is 14.1. The number of halogens is 2. The van der Waals surface area contributed by atoms with Crippen molar-refractivity contribution in [1.82, 2.24) is 4.90 Å². The molecule has 1 aliphatic heterocycles. The first kappa shape index (κ1) is 14.6. The number of para-hydroxylation sites is 1. The van der Waals surface area contributed by atoms with Crippen molar-refractivity contribution in [3.63, 3.8) is 0 Å². The maximum Gasteiger partial charge on any atom is 0.255 e. The van der Waals surface area contributed by atoms with Gasteiger partial charge in [-0.05, 0) is 40.2 Å². The van der Waals surface area contributed by atoms with Crippen molar-refractivity contribution in [1.29, 1.82) is 0 Å². The lowest BCUT2D eigenvalue weighted by Crippen LogP contribution is -2.32. The van der Waals surface area contributed by atoms with E-state index < -0.39 is 0 Å². The molecule has 5 heteroatoms. The molecule has 2 aromatic rings. The quantitative estimate of drug-likeness (QED) is 0.703. The molecule has 0 aromatic heterocycles. The molecule has 1 aliphatic rings. The average molecular weight is 411 g/mol. The summed E-state index contributed by atoms with van der Waals surface area (Å²) in [6.07, 6.45) is 0. The predicted molar refractivity (Wildman–Crippen MR) is 88.5 cm³/mol. The van der Waals surface area contributed by atoms with Crippen LogP contribution in [0.4, 0.5) is 0 Å². The number of fused-ring (bicyclic) bond motifs is 1. The minimum absolute atomic E-state index is 0.00896. The average Bonchev–Trinajstić information content (AvgIpc) is 2.68. The van der Waals surface area contributed by atoms with E-state index in [-0.39, 0.29) is 5.91 Å². The number of hydrogen-bond acceptors (Lipinski definition) is 2. The summed E-state index contributed by atoms with van der Waals surface area (Å²) >= 11 is 6.86. The SMILES string of the molecule is O=C(c1ccc(Br)cc1Br)N1CCOc2ccccc2C1. The van der Waals surface area contributed by atoms with E-state index in [0.717, 1.165) is 20.3 Å². The summed E-state index contributed by atoms with van der Waals surface area (Å²) in [6, 6.07) is 13.4. The number of amides is 1. The Labute approximate surface area is 140 Å². The lowest BCUT2D eigenvalue weighted by atomic mass is 10.1. The number of ether oxygens (including phenoxy) is 1. The highest BCUT2D eigenvalue weighted by atomic mass is 79.9. The Kier molecular flexibility index (Phi) is 4.31. The summed E-state index contributed by atoms with van der Waals surface area (Å²) in [6.45, 7) is 1.66. The van der Waals surface area contributed by atoms with E-state index in [0.29, 0.717) is 25.3 Å². The van der Waals surface area contributed by atoms with Crippen LogP contribution in [0.25, 0.3) is 0 Å². The molecule has 3 rings (SSSR count). The van der Waals surface area contributed by atoms with Gasteiger partial charge in [-0.1, -0.05) is 34.1 Å². The maximum absolute atomic E-state index is 12.7. The van der Waals surface area contributed by atoms with Crippen LogP contribution in [0.1, 0.15) is 15.9 Å². The first-order valence-corrected chi connectivity index (χ1v) is 8.19. The van der Waals surface area contributed by atoms with E-state index in [9.17, 15) is 4.79 Å².